The molecule has 158 valence electrons. The lowest BCUT2D eigenvalue weighted by molar-refractivity contribution is -0.123. The van der Waals surface area contributed by atoms with Crippen LogP contribution in [0.15, 0.2) is 52.9 Å². The average molecular weight is 408 g/mol. The second-order valence-electron chi connectivity index (χ2n) is 7.71. The zero-order chi connectivity index (χ0) is 21.1. The van der Waals surface area contributed by atoms with Crippen LogP contribution in [0.2, 0.25) is 0 Å². The highest BCUT2D eigenvalue weighted by molar-refractivity contribution is 5.80. The molecule has 1 saturated heterocycles. The predicted molar refractivity (Wildman–Crippen MR) is 116 cm³/mol. The summed E-state index contributed by atoms with van der Waals surface area (Å²) in [6.07, 6.45) is 2.02. The van der Waals surface area contributed by atoms with E-state index in [1.54, 1.807) is 14.2 Å². The number of nitrogens with one attached hydrogen (secondary N) is 1. The third-order valence-corrected chi connectivity index (χ3v) is 5.76. The van der Waals surface area contributed by atoms with Crippen LogP contribution in [0, 0.1) is 0 Å². The van der Waals surface area contributed by atoms with E-state index in [1.807, 2.05) is 55.5 Å². The zero-order valence-electron chi connectivity index (χ0n) is 17.7. The maximum Gasteiger partial charge on any atom is 0.234 e. The Morgan fingerprint density at radius 3 is 2.80 bits per heavy atom. The minimum absolute atomic E-state index is 0.0169. The van der Waals surface area contributed by atoms with E-state index in [0.717, 1.165) is 53.2 Å². The molecule has 0 aliphatic carbocycles. The van der Waals surface area contributed by atoms with Crippen LogP contribution in [-0.4, -0.2) is 38.1 Å². The molecule has 30 heavy (non-hydrogen) atoms. The minimum atomic E-state index is -0.197. The van der Waals surface area contributed by atoms with Gasteiger partial charge in [-0.15, -0.1) is 0 Å². The van der Waals surface area contributed by atoms with Gasteiger partial charge in [-0.25, -0.2) is 0 Å². The molecular formula is C24H28N2O4. The number of hydrogen-bond donors (Lipinski definition) is 1. The molecule has 1 fully saturated rings. The number of furan rings is 1. The van der Waals surface area contributed by atoms with Crippen molar-refractivity contribution in [1.29, 1.82) is 0 Å². The Bertz CT molecular complexity index is 996. The van der Waals surface area contributed by atoms with Crippen LogP contribution < -0.4 is 14.8 Å². The van der Waals surface area contributed by atoms with Gasteiger partial charge in [0.15, 0.2) is 0 Å². The van der Waals surface area contributed by atoms with Gasteiger partial charge in [0.1, 0.15) is 22.8 Å². The Balaban J connectivity index is 1.44. The molecule has 2 aromatic carbocycles. The number of likely N-dealkylation sites (tertiary alicyclic amines) is 1. The Kier molecular flexibility index (Phi) is 5.95. The highest BCUT2D eigenvalue weighted by Gasteiger charge is 2.30. The highest BCUT2D eigenvalue weighted by Crippen LogP contribution is 2.38. The SMILES string of the molecule is COc1ccc(OC)c([C@H]2CCCN2CC(=O)N[C@H](C)c2cc3ccccc3o2)c1. The van der Waals surface area contributed by atoms with Gasteiger partial charge in [-0.05, 0) is 56.6 Å². The van der Waals surface area contributed by atoms with Gasteiger partial charge in [0, 0.05) is 17.0 Å². The van der Waals surface area contributed by atoms with E-state index < -0.39 is 0 Å². The predicted octanol–water partition coefficient (Wildman–Crippen LogP) is 4.46. The molecule has 2 atom stereocenters. The maximum absolute atomic E-state index is 12.8. The summed E-state index contributed by atoms with van der Waals surface area (Å²) in [5, 5.41) is 4.12. The molecule has 3 aromatic rings. The highest BCUT2D eigenvalue weighted by atomic mass is 16.5. The van der Waals surface area contributed by atoms with Crippen molar-refractivity contribution in [2.24, 2.45) is 0 Å². The fraction of sp³-hybridized carbons (Fsp3) is 0.375. The number of rotatable bonds is 7. The molecule has 6 nitrogen and oxygen atoms in total. The number of carbonyl (C=O) groups excluding carboxylic acids is 1. The van der Waals surface area contributed by atoms with Crippen molar-refractivity contribution in [2.45, 2.75) is 31.8 Å². The van der Waals surface area contributed by atoms with E-state index in [0.29, 0.717) is 6.54 Å². The van der Waals surface area contributed by atoms with Crippen LogP contribution in [0.25, 0.3) is 11.0 Å². The van der Waals surface area contributed by atoms with Gasteiger partial charge in [-0.1, -0.05) is 18.2 Å². The summed E-state index contributed by atoms with van der Waals surface area (Å²) < 4.78 is 16.8. The molecule has 4 rings (SSSR count). The first-order valence-corrected chi connectivity index (χ1v) is 10.3. The number of fused-ring (bicyclic) bond motifs is 1. The average Bonchev–Trinajstić information content (AvgIpc) is 3.40. The van der Waals surface area contributed by atoms with Gasteiger partial charge in [-0.2, -0.15) is 0 Å². The lowest BCUT2D eigenvalue weighted by Crippen LogP contribution is -2.38. The van der Waals surface area contributed by atoms with Gasteiger partial charge in [0.25, 0.3) is 0 Å². The fourth-order valence-electron chi connectivity index (χ4n) is 4.23. The lowest BCUT2D eigenvalue weighted by atomic mass is 10.0. The van der Waals surface area contributed by atoms with Crippen molar-refractivity contribution in [3.05, 3.63) is 59.9 Å². The van der Waals surface area contributed by atoms with Crippen molar-refractivity contribution in [3.8, 4) is 11.5 Å². The second kappa shape index (κ2) is 8.79. The monoisotopic (exact) mass is 408 g/mol. The van der Waals surface area contributed by atoms with Gasteiger partial charge in [0.2, 0.25) is 5.91 Å². The molecular weight excluding hydrogens is 380 g/mol. The van der Waals surface area contributed by atoms with Crippen molar-refractivity contribution < 1.29 is 18.7 Å². The zero-order valence-corrected chi connectivity index (χ0v) is 17.7. The van der Waals surface area contributed by atoms with Crippen molar-refractivity contribution >= 4 is 16.9 Å². The molecule has 6 heteroatoms. The van der Waals surface area contributed by atoms with Gasteiger partial charge in [-0.3, -0.25) is 9.69 Å². The molecule has 0 radical (unpaired) electrons. The number of methoxy groups -OCH3 is 2. The molecule has 1 aliphatic rings. The Labute approximate surface area is 176 Å². The summed E-state index contributed by atoms with van der Waals surface area (Å²) in [4.78, 5) is 15.0. The number of hydrogen-bond acceptors (Lipinski definition) is 5. The Hall–Kier alpha value is -2.99. The molecule has 0 unspecified atom stereocenters. The van der Waals surface area contributed by atoms with Gasteiger partial charge < -0.3 is 19.2 Å². The van der Waals surface area contributed by atoms with Crippen LogP contribution in [-0.2, 0) is 4.79 Å². The van der Waals surface area contributed by atoms with Crippen LogP contribution in [0.1, 0.15) is 43.2 Å². The van der Waals surface area contributed by atoms with Crippen LogP contribution in [0.3, 0.4) is 0 Å². The number of ether oxygens (including phenoxy) is 2. The minimum Gasteiger partial charge on any atom is -0.497 e. The van der Waals surface area contributed by atoms with E-state index in [4.69, 9.17) is 13.9 Å². The standard InChI is InChI=1S/C24H28N2O4/c1-16(23-13-17-7-4-5-9-21(17)30-23)25-24(27)15-26-12-6-8-20(26)19-14-18(28-2)10-11-22(19)29-3/h4-5,7,9-11,13-14,16,20H,6,8,12,15H2,1-3H3,(H,25,27)/t16-,20-/m1/s1. The summed E-state index contributed by atoms with van der Waals surface area (Å²) in [5.41, 5.74) is 1.89. The summed E-state index contributed by atoms with van der Waals surface area (Å²) in [6.45, 7) is 3.15. The van der Waals surface area contributed by atoms with E-state index in [-0.39, 0.29) is 18.0 Å². The van der Waals surface area contributed by atoms with Crippen LogP contribution in [0.5, 0.6) is 11.5 Å². The maximum atomic E-state index is 12.8. The number of nitrogens with zero attached hydrogens (tertiary/aromatic N) is 1. The second-order valence-corrected chi connectivity index (χ2v) is 7.71. The van der Waals surface area contributed by atoms with Crippen LogP contribution >= 0.6 is 0 Å². The normalized spacial score (nSPS) is 17.8. The van der Waals surface area contributed by atoms with Crippen molar-refractivity contribution in [1.82, 2.24) is 10.2 Å². The third-order valence-electron chi connectivity index (χ3n) is 5.76. The summed E-state index contributed by atoms with van der Waals surface area (Å²) in [7, 11) is 3.33. The van der Waals surface area contributed by atoms with Crippen LogP contribution in [0.4, 0.5) is 0 Å². The number of benzene rings is 2. The molecule has 1 aromatic heterocycles. The molecule has 0 spiro atoms. The quantitative estimate of drug-likeness (QED) is 0.625. The van der Waals surface area contributed by atoms with Gasteiger partial charge in [0.05, 0.1) is 26.8 Å². The smallest absolute Gasteiger partial charge is 0.234 e. The summed E-state index contributed by atoms with van der Waals surface area (Å²) in [5.74, 6) is 2.36. The number of carbonyl (C=O) groups is 1. The van der Waals surface area contributed by atoms with E-state index in [2.05, 4.69) is 10.2 Å². The van der Waals surface area contributed by atoms with E-state index in [1.165, 1.54) is 0 Å². The fourth-order valence-corrected chi connectivity index (χ4v) is 4.23. The molecule has 0 saturated carbocycles. The first kappa shape index (κ1) is 20.3. The Morgan fingerprint density at radius 1 is 1.20 bits per heavy atom. The van der Waals surface area contributed by atoms with Crippen molar-refractivity contribution in [3.63, 3.8) is 0 Å². The van der Waals surface area contributed by atoms with Gasteiger partial charge >= 0.3 is 0 Å². The van der Waals surface area contributed by atoms with Crippen molar-refractivity contribution in [2.75, 3.05) is 27.3 Å². The first-order valence-electron chi connectivity index (χ1n) is 10.3. The largest absolute Gasteiger partial charge is 0.497 e. The lowest BCUT2D eigenvalue weighted by Gasteiger charge is -2.26. The van der Waals surface area contributed by atoms with E-state index in [9.17, 15) is 4.79 Å². The van der Waals surface area contributed by atoms with E-state index >= 15 is 0 Å². The molecule has 0 bridgehead atoms. The molecule has 2 heterocycles. The Morgan fingerprint density at radius 2 is 2.03 bits per heavy atom. The number of para-hydroxylation sites is 1. The molecule has 1 N–H and O–H groups in total. The number of amides is 1. The molecule has 1 aliphatic heterocycles. The summed E-state index contributed by atoms with van der Waals surface area (Å²) >= 11 is 0. The third kappa shape index (κ3) is 4.14. The topological polar surface area (TPSA) is 63.9 Å². The molecule has 1 amide bonds. The summed E-state index contributed by atoms with van der Waals surface area (Å²) in [6, 6.07) is 15.6. The first-order chi connectivity index (χ1) is 14.6.